The number of hydrogen-bond donors (Lipinski definition) is 3. The van der Waals surface area contributed by atoms with Crippen LogP contribution in [0, 0.1) is 0 Å². The third-order valence-electron chi connectivity index (χ3n) is 3.15. The van der Waals surface area contributed by atoms with Crippen molar-refractivity contribution in [2.75, 3.05) is 26.4 Å². The average molecular weight is 317 g/mol. The van der Waals surface area contributed by atoms with Gasteiger partial charge in [-0.05, 0) is 7.05 Å². The van der Waals surface area contributed by atoms with Crippen LogP contribution in [0.25, 0.3) is 0 Å². The van der Waals surface area contributed by atoms with E-state index in [4.69, 9.17) is 5.11 Å². The summed E-state index contributed by atoms with van der Waals surface area (Å²) >= 11 is 1.14. The summed E-state index contributed by atoms with van der Waals surface area (Å²) in [5, 5.41) is 13.4. The van der Waals surface area contributed by atoms with Gasteiger partial charge in [0, 0.05) is 32.2 Å². The van der Waals surface area contributed by atoms with Crippen molar-refractivity contribution in [2.45, 2.75) is 24.1 Å². The van der Waals surface area contributed by atoms with Gasteiger partial charge in [0.2, 0.25) is 17.7 Å². The molecule has 3 amide bonds. The molecular formula is C12H19N3O5S. The molecule has 8 nitrogen and oxygen atoms in total. The first kappa shape index (κ1) is 17.4. The Hall–Kier alpha value is -1.61. The van der Waals surface area contributed by atoms with Gasteiger partial charge in [0.1, 0.15) is 6.04 Å². The number of imide groups is 1. The maximum Gasteiger partial charge on any atom is 0.321 e. The van der Waals surface area contributed by atoms with Gasteiger partial charge >= 0.3 is 5.97 Å². The lowest BCUT2D eigenvalue weighted by Crippen LogP contribution is -2.38. The van der Waals surface area contributed by atoms with E-state index >= 15 is 0 Å². The first-order valence-corrected chi connectivity index (χ1v) is 7.52. The van der Waals surface area contributed by atoms with E-state index in [1.54, 1.807) is 0 Å². The smallest absolute Gasteiger partial charge is 0.321 e. The van der Waals surface area contributed by atoms with Crippen molar-refractivity contribution < 1.29 is 24.3 Å². The fraction of sp³-hybridized carbons (Fsp3) is 0.667. The minimum Gasteiger partial charge on any atom is -0.480 e. The molecular weight excluding hydrogens is 298 g/mol. The molecule has 9 heteroatoms. The summed E-state index contributed by atoms with van der Waals surface area (Å²) in [7, 11) is 3.01. The van der Waals surface area contributed by atoms with Gasteiger partial charge in [-0.1, -0.05) is 0 Å². The van der Waals surface area contributed by atoms with E-state index in [0.717, 1.165) is 16.7 Å². The van der Waals surface area contributed by atoms with E-state index in [2.05, 4.69) is 10.6 Å². The highest BCUT2D eigenvalue weighted by Gasteiger charge is 2.39. The lowest BCUT2D eigenvalue weighted by molar-refractivity contribution is -0.140. The van der Waals surface area contributed by atoms with Crippen LogP contribution in [0.2, 0.25) is 0 Å². The number of amides is 3. The Bertz CT molecular complexity index is 443. The lowest BCUT2D eigenvalue weighted by Gasteiger charge is -2.15. The monoisotopic (exact) mass is 317 g/mol. The topological polar surface area (TPSA) is 116 Å². The van der Waals surface area contributed by atoms with Crippen LogP contribution in [0.5, 0.6) is 0 Å². The molecule has 2 unspecified atom stereocenters. The highest BCUT2D eigenvalue weighted by Crippen LogP contribution is 2.25. The number of carboxylic acids is 1. The van der Waals surface area contributed by atoms with Crippen molar-refractivity contribution in [2.24, 2.45) is 0 Å². The molecule has 1 rings (SSSR count). The predicted octanol–water partition coefficient (Wildman–Crippen LogP) is -1.34. The van der Waals surface area contributed by atoms with Crippen LogP contribution in [-0.4, -0.2) is 71.4 Å². The Labute approximate surface area is 126 Å². The first-order valence-electron chi connectivity index (χ1n) is 6.47. The SMILES string of the molecule is CNC(=O)CCN1C(=O)CC(SCC(NC)C(=O)O)C1=O. The van der Waals surface area contributed by atoms with Crippen LogP contribution in [0.15, 0.2) is 0 Å². The standard InChI is InChI=1S/C12H19N3O5S/c1-13-7(12(19)20)6-21-8-5-10(17)15(11(8)18)4-3-9(16)14-2/h7-8,13H,3-6H2,1-2H3,(H,14,16)(H,19,20). The lowest BCUT2D eigenvalue weighted by atomic mass is 10.3. The third-order valence-corrected chi connectivity index (χ3v) is 4.45. The summed E-state index contributed by atoms with van der Waals surface area (Å²) < 4.78 is 0. The summed E-state index contributed by atoms with van der Waals surface area (Å²) in [6.07, 6.45) is 0.118. The predicted molar refractivity (Wildman–Crippen MR) is 76.8 cm³/mol. The number of likely N-dealkylation sites (tertiary alicyclic amines) is 1. The van der Waals surface area contributed by atoms with Gasteiger partial charge in [0.05, 0.1) is 5.25 Å². The van der Waals surface area contributed by atoms with Crippen molar-refractivity contribution in [3.63, 3.8) is 0 Å². The number of carbonyl (C=O) groups excluding carboxylic acids is 3. The van der Waals surface area contributed by atoms with Crippen molar-refractivity contribution in [1.82, 2.24) is 15.5 Å². The summed E-state index contributed by atoms with van der Waals surface area (Å²) in [6, 6.07) is -0.766. The van der Waals surface area contributed by atoms with Gasteiger partial charge in [-0.3, -0.25) is 24.1 Å². The quantitative estimate of drug-likeness (QED) is 0.474. The van der Waals surface area contributed by atoms with E-state index in [0.29, 0.717) is 0 Å². The summed E-state index contributed by atoms with van der Waals surface area (Å²) in [5.74, 6) is -1.73. The zero-order chi connectivity index (χ0) is 16.0. The molecule has 1 saturated heterocycles. The number of rotatable bonds is 8. The number of thioether (sulfide) groups is 1. The van der Waals surface area contributed by atoms with Crippen LogP contribution in [0.3, 0.4) is 0 Å². The largest absolute Gasteiger partial charge is 0.480 e. The molecule has 1 aliphatic heterocycles. The Morgan fingerprint density at radius 2 is 2.10 bits per heavy atom. The van der Waals surface area contributed by atoms with Crippen molar-refractivity contribution in [1.29, 1.82) is 0 Å². The summed E-state index contributed by atoms with van der Waals surface area (Å²) in [4.78, 5) is 46.9. The van der Waals surface area contributed by atoms with E-state index in [1.807, 2.05) is 0 Å². The van der Waals surface area contributed by atoms with Crippen LogP contribution in [-0.2, 0) is 19.2 Å². The molecule has 0 aliphatic carbocycles. The first-order chi connectivity index (χ1) is 9.90. The number of carboxylic acid groups (broad SMARTS) is 1. The normalized spacial score (nSPS) is 19.7. The molecule has 0 aromatic heterocycles. The van der Waals surface area contributed by atoms with Crippen LogP contribution in [0.1, 0.15) is 12.8 Å². The number of nitrogens with zero attached hydrogens (tertiary/aromatic N) is 1. The number of carbonyl (C=O) groups is 4. The molecule has 0 spiro atoms. The molecule has 0 aromatic rings. The van der Waals surface area contributed by atoms with Crippen LogP contribution < -0.4 is 10.6 Å². The minimum atomic E-state index is -1.00. The Morgan fingerprint density at radius 3 is 2.62 bits per heavy atom. The fourth-order valence-corrected chi connectivity index (χ4v) is 3.11. The van der Waals surface area contributed by atoms with Gasteiger partial charge < -0.3 is 15.7 Å². The fourth-order valence-electron chi connectivity index (χ4n) is 1.85. The zero-order valence-corrected chi connectivity index (χ0v) is 12.7. The molecule has 0 radical (unpaired) electrons. The number of aliphatic carboxylic acids is 1. The van der Waals surface area contributed by atoms with Crippen LogP contribution in [0.4, 0.5) is 0 Å². The van der Waals surface area contributed by atoms with Gasteiger partial charge in [-0.2, -0.15) is 0 Å². The number of likely N-dealkylation sites (N-methyl/N-ethyl adjacent to an activating group) is 1. The second-order valence-electron chi connectivity index (χ2n) is 4.51. The number of nitrogens with one attached hydrogen (secondary N) is 2. The molecule has 118 valence electrons. The molecule has 1 heterocycles. The molecule has 1 aliphatic rings. The molecule has 0 saturated carbocycles. The van der Waals surface area contributed by atoms with Crippen molar-refractivity contribution >= 4 is 35.5 Å². The van der Waals surface area contributed by atoms with Crippen LogP contribution >= 0.6 is 11.8 Å². The molecule has 21 heavy (non-hydrogen) atoms. The minimum absolute atomic E-state index is 0.0489. The van der Waals surface area contributed by atoms with E-state index < -0.39 is 17.3 Å². The molecule has 0 bridgehead atoms. The maximum atomic E-state index is 12.1. The Balaban J connectivity index is 2.52. The van der Waals surface area contributed by atoms with Gasteiger partial charge in [0.25, 0.3) is 0 Å². The van der Waals surface area contributed by atoms with E-state index in [-0.39, 0.29) is 42.9 Å². The Morgan fingerprint density at radius 1 is 1.43 bits per heavy atom. The Kier molecular flexibility index (Phi) is 6.63. The number of hydrogen-bond acceptors (Lipinski definition) is 6. The van der Waals surface area contributed by atoms with E-state index in [1.165, 1.54) is 14.1 Å². The van der Waals surface area contributed by atoms with Gasteiger partial charge in [0.15, 0.2) is 0 Å². The summed E-state index contributed by atoms with van der Waals surface area (Å²) in [5.41, 5.74) is 0. The van der Waals surface area contributed by atoms with Gasteiger partial charge in [-0.25, -0.2) is 0 Å². The molecule has 3 N–H and O–H groups in total. The maximum absolute atomic E-state index is 12.1. The van der Waals surface area contributed by atoms with Crippen molar-refractivity contribution in [3.05, 3.63) is 0 Å². The highest BCUT2D eigenvalue weighted by molar-refractivity contribution is 8.00. The highest BCUT2D eigenvalue weighted by atomic mass is 32.2. The molecule has 1 fully saturated rings. The molecule has 0 aromatic carbocycles. The second-order valence-corrected chi connectivity index (χ2v) is 5.75. The third kappa shape index (κ3) is 4.71. The average Bonchev–Trinajstić information content (AvgIpc) is 2.71. The van der Waals surface area contributed by atoms with Crippen molar-refractivity contribution in [3.8, 4) is 0 Å². The molecule has 2 atom stereocenters. The van der Waals surface area contributed by atoms with Gasteiger partial charge in [-0.15, -0.1) is 11.8 Å². The van der Waals surface area contributed by atoms with E-state index in [9.17, 15) is 19.2 Å². The zero-order valence-electron chi connectivity index (χ0n) is 11.9. The summed E-state index contributed by atoms with van der Waals surface area (Å²) in [6.45, 7) is 0.0583. The second kappa shape index (κ2) is 7.99.